The Kier molecular flexibility index (Phi) is 5.32. The highest BCUT2D eigenvalue weighted by Gasteiger charge is 2.45. The van der Waals surface area contributed by atoms with Crippen molar-refractivity contribution in [3.05, 3.63) is 75.1 Å². The van der Waals surface area contributed by atoms with E-state index in [1.807, 2.05) is 12.1 Å². The van der Waals surface area contributed by atoms with Gasteiger partial charge in [0.05, 0.1) is 34.4 Å². The van der Waals surface area contributed by atoms with Crippen LogP contribution in [-0.4, -0.2) is 27.4 Å². The summed E-state index contributed by atoms with van der Waals surface area (Å²) in [6.07, 6.45) is 3.43. The number of cyclic esters (lactones) is 1. The third-order valence-corrected chi connectivity index (χ3v) is 8.25. The number of aromatic nitrogens is 2. The zero-order chi connectivity index (χ0) is 26.9. The molecule has 0 saturated carbocycles. The first-order chi connectivity index (χ1) is 18.9. The number of carbonyl (C=O) groups excluding carboxylic acids is 1. The minimum Gasteiger partial charge on any atom is -0.458 e. The summed E-state index contributed by atoms with van der Waals surface area (Å²) >= 11 is 0. The van der Waals surface area contributed by atoms with Gasteiger partial charge in [-0.1, -0.05) is 44.5 Å². The minimum atomic E-state index is -1.88. The Morgan fingerprint density at radius 3 is 2.62 bits per heavy atom. The second kappa shape index (κ2) is 8.68. The van der Waals surface area contributed by atoms with Crippen LogP contribution >= 0.6 is 0 Å². The lowest BCUT2D eigenvalue weighted by molar-refractivity contribution is -0.172. The first kappa shape index (κ1) is 23.9. The van der Waals surface area contributed by atoms with Gasteiger partial charge in [-0.3, -0.25) is 4.79 Å². The summed E-state index contributed by atoms with van der Waals surface area (Å²) in [5, 5.41) is 12.0. The standard InChI is InChI=1S/C31H28N2O6/c1-3-5-6-17-7-9-18(10-8-17)19-11-12-24-25-27(19)32-26-20(28(25)39-16-38-24)14-33-23(26)13-22-21(29(33)34)15-37-30(35)31(22,36)4-2/h7-13,36H,3-6,14-16H2,1-2H3/t31-/m0/s1. The van der Waals surface area contributed by atoms with E-state index in [0.717, 1.165) is 41.3 Å². The van der Waals surface area contributed by atoms with E-state index in [-0.39, 0.29) is 31.9 Å². The van der Waals surface area contributed by atoms with Crippen molar-refractivity contribution in [2.45, 2.75) is 58.3 Å². The van der Waals surface area contributed by atoms with E-state index >= 15 is 0 Å². The van der Waals surface area contributed by atoms with E-state index in [4.69, 9.17) is 19.2 Å². The summed E-state index contributed by atoms with van der Waals surface area (Å²) in [5.74, 6) is 0.597. The number of unbranched alkanes of at least 4 members (excludes halogenated alkanes) is 1. The number of rotatable bonds is 5. The molecular formula is C31H28N2O6. The molecule has 198 valence electrons. The summed E-state index contributed by atoms with van der Waals surface area (Å²) in [4.78, 5) is 31.3. The molecule has 7 rings (SSSR count). The van der Waals surface area contributed by atoms with E-state index in [0.29, 0.717) is 39.5 Å². The molecule has 0 unspecified atom stereocenters. The average Bonchev–Trinajstić information content (AvgIpc) is 3.34. The fourth-order valence-corrected chi connectivity index (χ4v) is 6.01. The number of aryl methyl sites for hydroxylation is 1. The normalized spacial score (nSPS) is 18.6. The van der Waals surface area contributed by atoms with Crippen LogP contribution in [0, 0.1) is 0 Å². The van der Waals surface area contributed by atoms with Crippen LogP contribution in [0.2, 0.25) is 0 Å². The second-order valence-electron chi connectivity index (χ2n) is 10.4. The largest absolute Gasteiger partial charge is 0.458 e. The van der Waals surface area contributed by atoms with Gasteiger partial charge >= 0.3 is 5.97 Å². The van der Waals surface area contributed by atoms with Crippen molar-refractivity contribution in [2.75, 3.05) is 6.79 Å². The second-order valence-corrected chi connectivity index (χ2v) is 10.4. The van der Waals surface area contributed by atoms with Crippen LogP contribution in [0.25, 0.3) is 33.4 Å². The summed E-state index contributed by atoms with van der Waals surface area (Å²) in [5.41, 5.74) is 4.31. The van der Waals surface area contributed by atoms with Gasteiger partial charge in [-0.25, -0.2) is 9.78 Å². The minimum absolute atomic E-state index is 0.0592. The average molecular weight is 525 g/mol. The molecule has 0 saturated heterocycles. The quantitative estimate of drug-likeness (QED) is 0.329. The Balaban J connectivity index is 1.46. The summed E-state index contributed by atoms with van der Waals surface area (Å²) < 4.78 is 18.7. The molecule has 0 fully saturated rings. The fourth-order valence-electron chi connectivity index (χ4n) is 6.01. The van der Waals surface area contributed by atoms with Crippen LogP contribution in [0.1, 0.15) is 55.4 Å². The van der Waals surface area contributed by atoms with Crippen LogP contribution < -0.4 is 15.0 Å². The fraction of sp³-hybridized carbons (Fsp3) is 0.323. The molecule has 0 aliphatic carbocycles. The molecule has 0 spiro atoms. The SMILES string of the molecule is CCCCc1ccc(-c2ccc3c4c(c5c(nc24)-c2cc4c(c(=O)n2C5)COC(=O)[C@]4(O)CC)OCO3)cc1. The lowest BCUT2D eigenvalue weighted by Gasteiger charge is -2.31. The number of hydrogen-bond acceptors (Lipinski definition) is 7. The highest BCUT2D eigenvalue weighted by atomic mass is 16.7. The van der Waals surface area contributed by atoms with Gasteiger partial charge in [0.1, 0.15) is 18.1 Å². The maximum Gasteiger partial charge on any atom is 0.343 e. The van der Waals surface area contributed by atoms with Gasteiger partial charge in [-0.2, -0.15) is 0 Å². The molecule has 1 atom stereocenters. The van der Waals surface area contributed by atoms with Crippen molar-refractivity contribution in [1.29, 1.82) is 0 Å². The molecule has 0 bridgehead atoms. The predicted molar refractivity (Wildman–Crippen MR) is 145 cm³/mol. The number of nitrogens with zero attached hydrogens (tertiary/aromatic N) is 2. The van der Waals surface area contributed by atoms with Gasteiger partial charge in [-0.05, 0) is 48.6 Å². The lowest BCUT2D eigenvalue weighted by Crippen LogP contribution is -2.44. The van der Waals surface area contributed by atoms with Crippen LogP contribution in [0.4, 0.5) is 0 Å². The maximum absolute atomic E-state index is 13.6. The highest BCUT2D eigenvalue weighted by molar-refractivity contribution is 6.04. The van der Waals surface area contributed by atoms with Crippen LogP contribution in [0.5, 0.6) is 11.5 Å². The van der Waals surface area contributed by atoms with E-state index in [9.17, 15) is 14.7 Å². The number of benzene rings is 2. The molecule has 39 heavy (non-hydrogen) atoms. The third-order valence-electron chi connectivity index (χ3n) is 8.25. The monoisotopic (exact) mass is 524 g/mol. The van der Waals surface area contributed by atoms with E-state index in [2.05, 4.69) is 31.2 Å². The van der Waals surface area contributed by atoms with Gasteiger partial charge in [0.25, 0.3) is 5.56 Å². The summed E-state index contributed by atoms with van der Waals surface area (Å²) in [6.45, 7) is 4.04. The molecule has 5 heterocycles. The van der Waals surface area contributed by atoms with Gasteiger partial charge in [0.2, 0.25) is 6.79 Å². The molecule has 1 N–H and O–H groups in total. The van der Waals surface area contributed by atoms with Crippen LogP contribution in [-0.2, 0) is 34.7 Å². The Hall–Kier alpha value is -4.17. The molecule has 8 heteroatoms. The van der Waals surface area contributed by atoms with E-state index < -0.39 is 11.6 Å². The number of esters is 1. The number of hydrogen-bond donors (Lipinski definition) is 1. The van der Waals surface area contributed by atoms with Crippen molar-refractivity contribution in [2.24, 2.45) is 0 Å². The summed E-state index contributed by atoms with van der Waals surface area (Å²) in [7, 11) is 0. The number of fused-ring (bicyclic) bond motifs is 5. The molecule has 0 amide bonds. The molecule has 2 aromatic heterocycles. The zero-order valence-corrected chi connectivity index (χ0v) is 21.9. The Morgan fingerprint density at radius 1 is 1.03 bits per heavy atom. The first-order valence-electron chi connectivity index (χ1n) is 13.5. The van der Waals surface area contributed by atoms with Crippen molar-refractivity contribution < 1.29 is 24.1 Å². The van der Waals surface area contributed by atoms with Crippen molar-refractivity contribution in [3.8, 4) is 34.0 Å². The van der Waals surface area contributed by atoms with Crippen LogP contribution in [0.15, 0.2) is 47.3 Å². The van der Waals surface area contributed by atoms with Gasteiger partial charge in [0.15, 0.2) is 5.60 Å². The zero-order valence-electron chi connectivity index (χ0n) is 21.9. The van der Waals surface area contributed by atoms with Gasteiger partial charge < -0.3 is 23.9 Å². The Labute approximate surface area is 224 Å². The topological polar surface area (TPSA) is 99.9 Å². The molecule has 3 aliphatic heterocycles. The maximum atomic E-state index is 13.6. The molecule has 4 aromatic rings. The molecule has 2 aromatic carbocycles. The van der Waals surface area contributed by atoms with E-state index in [1.54, 1.807) is 17.6 Å². The molecule has 0 radical (unpaired) electrons. The molecule has 3 aliphatic rings. The number of aliphatic hydroxyl groups is 1. The number of pyridine rings is 2. The Bertz CT molecular complexity index is 1740. The van der Waals surface area contributed by atoms with Gasteiger partial charge in [0, 0.05) is 16.7 Å². The lowest BCUT2D eigenvalue weighted by atomic mass is 9.86. The van der Waals surface area contributed by atoms with E-state index in [1.165, 1.54) is 5.56 Å². The van der Waals surface area contributed by atoms with Crippen molar-refractivity contribution in [1.82, 2.24) is 9.55 Å². The highest BCUT2D eigenvalue weighted by Crippen LogP contribution is 2.48. The predicted octanol–water partition coefficient (Wildman–Crippen LogP) is 4.82. The van der Waals surface area contributed by atoms with Crippen molar-refractivity contribution >= 4 is 16.9 Å². The molecular weight excluding hydrogens is 496 g/mol. The number of carbonyl (C=O) groups is 1. The Morgan fingerprint density at radius 2 is 1.85 bits per heavy atom. The van der Waals surface area contributed by atoms with Crippen LogP contribution in [0.3, 0.4) is 0 Å². The first-order valence-corrected chi connectivity index (χ1v) is 13.5. The molecule has 8 nitrogen and oxygen atoms in total. The smallest absolute Gasteiger partial charge is 0.343 e. The number of ether oxygens (including phenoxy) is 3. The summed E-state index contributed by atoms with van der Waals surface area (Å²) in [6, 6.07) is 14.2. The third kappa shape index (κ3) is 3.37. The van der Waals surface area contributed by atoms with Crippen molar-refractivity contribution in [3.63, 3.8) is 0 Å². The van der Waals surface area contributed by atoms with Gasteiger partial charge in [-0.15, -0.1) is 0 Å².